The van der Waals surface area contributed by atoms with Gasteiger partial charge in [0.15, 0.2) is 9.84 Å². The van der Waals surface area contributed by atoms with Crippen molar-refractivity contribution in [2.45, 2.75) is 10.8 Å². The second-order valence-electron chi connectivity index (χ2n) is 3.40. The van der Waals surface area contributed by atoms with Crippen LogP contribution in [0.5, 0.6) is 0 Å². The quantitative estimate of drug-likeness (QED) is 0.840. The van der Waals surface area contributed by atoms with Crippen LogP contribution in [0.1, 0.15) is 11.5 Å². The van der Waals surface area contributed by atoms with Gasteiger partial charge in [-0.15, -0.1) is 0 Å². The van der Waals surface area contributed by atoms with Crippen molar-refractivity contribution in [3.8, 4) is 0 Å². The summed E-state index contributed by atoms with van der Waals surface area (Å²) in [6, 6.07) is 5.23. The van der Waals surface area contributed by atoms with Crippen molar-refractivity contribution >= 4 is 25.8 Å². The van der Waals surface area contributed by atoms with Gasteiger partial charge in [-0.3, -0.25) is 0 Å². The van der Waals surface area contributed by atoms with Crippen LogP contribution in [0.25, 0.3) is 0 Å². The van der Waals surface area contributed by atoms with E-state index in [-0.39, 0.29) is 11.7 Å². The molecule has 1 aromatic rings. The van der Waals surface area contributed by atoms with Gasteiger partial charge < -0.3 is 5.73 Å². The van der Waals surface area contributed by atoms with E-state index in [9.17, 15) is 8.42 Å². The van der Waals surface area contributed by atoms with Gasteiger partial charge >= 0.3 is 0 Å². The molecule has 0 saturated carbocycles. The lowest BCUT2D eigenvalue weighted by molar-refractivity contribution is 0.597. The number of fused-ring (bicyclic) bond motifs is 1. The van der Waals surface area contributed by atoms with Crippen LogP contribution >= 0.6 is 15.9 Å². The minimum absolute atomic E-state index is 0.0486. The first-order chi connectivity index (χ1) is 6.54. The molecular formula is C9H10BrNO2S. The predicted molar refractivity (Wildman–Crippen MR) is 58.0 cm³/mol. The van der Waals surface area contributed by atoms with E-state index in [0.29, 0.717) is 11.4 Å². The second kappa shape index (κ2) is 3.32. The number of hydrogen-bond donors (Lipinski definition) is 1. The minimum atomic E-state index is -3.08. The molecule has 1 aromatic carbocycles. The third kappa shape index (κ3) is 1.49. The molecule has 76 valence electrons. The molecule has 1 heterocycles. The molecule has 14 heavy (non-hydrogen) atoms. The Hall–Kier alpha value is -0.390. The summed E-state index contributed by atoms with van der Waals surface area (Å²) in [4.78, 5) is 0.441. The zero-order chi connectivity index (χ0) is 10.3. The van der Waals surface area contributed by atoms with Crippen LogP contribution in [0.2, 0.25) is 0 Å². The standard InChI is InChI=1S/C9H10BrNO2S/c10-7-1-2-9-8(3-7)6(4-11)5-14(9,12)13/h1-3,6H,4-5,11H2. The third-order valence-corrected chi connectivity index (χ3v) is 4.83. The Morgan fingerprint density at radius 2 is 2.21 bits per heavy atom. The number of nitrogens with two attached hydrogens (primary N) is 1. The Kier molecular flexibility index (Phi) is 2.41. The van der Waals surface area contributed by atoms with E-state index < -0.39 is 9.84 Å². The van der Waals surface area contributed by atoms with Crippen molar-refractivity contribution < 1.29 is 8.42 Å². The van der Waals surface area contributed by atoms with Crippen LogP contribution in [0, 0.1) is 0 Å². The van der Waals surface area contributed by atoms with Crippen LogP contribution in [0.15, 0.2) is 27.6 Å². The molecule has 0 saturated heterocycles. The molecule has 0 aromatic heterocycles. The molecule has 0 fully saturated rings. The van der Waals surface area contributed by atoms with E-state index in [0.717, 1.165) is 10.0 Å². The molecule has 3 nitrogen and oxygen atoms in total. The average molecular weight is 276 g/mol. The molecule has 0 amide bonds. The molecular weight excluding hydrogens is 266 g/mol. The number of halogens is 1. The van der Waals surface area contributed by atoms with E-state index in [1.165, 1.54) is 0 Å². The number of rotatable bonds is 1. The van der Waals surface area contributed by atoms with Crippen LogP contribution in [0.4, 0.5) is 0 Å². The normalized spacial score (nSPS) is 23.4. The molecule has 1 aliphatic rings. The number of sulfone groups is 1. The Morgan fingerprint density at radius 3 is 2.86 bits per heavy atom. The molecule has 1 atom stereocenters. The first kappa shape index (κ1) is 10.1. The fourth-order valence-electron chi connectivity index (χ4n) is 1.76. The van der Waals surface area contributed by atoms with Gasteiger partial charge in [-0.1, -0.05) is 15.9 Å². The van der Waals surface area contributed by atoms with E-state index in [2.05, 4.69) is 15.9 Å². The number of benzene rings is 1. The summed E-state index contributed by atoms with van der Waals surface area (Å²) in [5.74, 6) is 0.0995. The summed E-state index contributed by atoms with van der Waals surface area (Å²) in [6.45, 7) is 0.378. The molecule has 2 rings (SSSR count). The van der Waals surface area contributed by atoms with E-state index in [1.807, 2.05) is 6.07 Å². The van der Waals surface area contributed by atoms with Gasteiger partial charge in [0, 0.05) is 16.9 Å². The summed E-state index contributed by atoms with van der Waals surface area (Å²) in [5.41, 5.74) is 6.39. The fourth-order valence-corrected chi connectivity index (χ4v) is 4.02. The van der Waals surface area contributed by atoms with Crippen LogP contribution in [-0.2, 0) is 9.84 Å². The summed E-state index contributed by atoms with van der Waals surface area (Å²) in [6.07, 6.45) is 0. The Bertz CT molecular complexity index is 470. The molecule has 1 unspecified atom stereocenters. The van der Waals surface area contributed by atoms with Crippen molar-refractivity contribution in [3.05, 3.63) is 28.2 Å². The maximum absolute atomic E-state index is 11.7. The lowest BCUT2D eigenvalue weighted by Gasteiger charge is -2.05. The molecule has 0 radical (unpaired) electrons. The molecule has 0 aliphatic carbocycles. The zero-order valence-corrected chi connectivity index (χ0v) is 9.81. The molecule has 0 bridgehead atoms. The highest BCUT2D eigenvalue weighted by molar-refractivity contribution is 9.10. The minimum Gasteiger partial charge on any atom is -0.330 e. The van der Waals surface area contributed by atoms with Gasteiger partial charge in [0.2, 0.25) is 0 Å². The lowest BCUT2D eigenvalue weighted by Crippen LogP contribution is -2.14. The first-order valence-corrected chi connectivity index (χ1v) is 6.71. The van der Waals surface area contributed by atoms with Gasteiger partial charge in [0.05, 0.1) is 10.6 Å². The zero-order valence-electron chi connectivity index (χ0n) is 7.40. The molecule has 5 heteroatoms. The Balaban J connectivity index is 2.65. The topological polar surface area (TPSA) is 60.2 Å². The highest BCUT2D eigenvalue weighted by Gasteiger charge is 2.33. The van der Waals surface area contributed by atoms with Gasteiger partial charge in [0.25, 0.3) is 0 Å². The van der Waals surface area contributed by atoms with Crippen LogP contribution in [0.3, 0.4) is 0 Å². The highest BCUT2D eigenvalue weighted by Crippen LogP contribution is 2.35. The smallest absolute Gasteiger partial charge is 0.179 e. The lowest BCUT2D eigenvalue weighted by atomic mass is 10.0. The maximum atomic E-state index is 11.7. The maximum Gasteiger partial charge on any atom is 0.179 e. The highest BCUT2D eigenvalue weighted by atomic mass is 79.9. The van der Waals surface area contributed by atoms with Crippen molar-refractivity contribution in [2.75, 3.05) is 12.3 Å². The van der Waals surface area contributed by atoms with E-state index in [4.69, 9.17) is 5.73 Å². The van der Waals surface area contributed by atoms with Crippen LogP contribution in [-0.4, -0.2) is 20.7 Å². The summed E-state index contributed by atoms with van der Waals surface area (Å²) in [7, 11) is -3.08. The summed E-state index contributed by atoms with van der Waals surface area (Å²) in [5, 5.41) is 0. The predicted octanol–water partition coefficient (Wildman–Crippen LogP) is 1.28. The van der Waals surface area contributed by atoms with E-state index >= 15 is 0 Å². The van der Waals surface area contributed by atoms with Crippen molar-refractivity contribution in [2.24, 2.45) is 5.73 Å². The van der Waals surface area contributed by atoms with Gasteiger partial charge in [0.1, 0.15) is 0 Å². The first-order valence-electron chi connectivity index (χ1n) is 4.27. The molecule has 0 spiro atoms. The van der Waals surface area contributed by atoms with E-state index in [1.54, 1.807) is 12.1 Å². The monoisotopic (exact) mass is 275 g/mol. The average Bonchev–Trinajstić information content (AvgIpc) is 2.37. The SMILES string of the molecule is NCC1CS(=O)(=O)c2ccc(Br)cc21. The fraction of sp³-hybridized carbons (Fsp3) is 0.333. The van der Waals surface area contributed by atoms with Gasteiger partial charge in [-0.05, 0) is 23.8 Å². The van der Waals surface area contributed by atoms with Crippen molar-refractivity contribution in [1.82, 2.24) is 0 Å². The Labute approximate surface area is 91.4 Å². The van der Waals surface area contributed by atoms with Gasteiger partial charge in [-0.2, -0.15) is 0 Å². The second-order valence-corrected chi connectivity index (χ2v) is 6.31. The van der Waals surface area contributed by atoms with Crippen molar-refractivity contribution in [1.29, 1.82) is 0 Å². The third-order valence-electron chi connectivity index (χ3n) is 2.45. The molecule has 2 N–H and O–H groups in total. The van der Waals surface area contributed by atoms with Crippen LogP contribution < -0.4 is 5.73 Å². The number of hydrogen-bond acceptors (Lipinski definition) is 3. The summed E-state index contributed by atoms with van der Waals surface area (Å²) >= 11 is 3.32. The summed E-state index contributed by atoms with van der Waals surface area (Å²) < 4.78 is 24.2. The van der Waals surface area contributed by atoms with Crippen molar-refractivity contribution in [3.63, 3.8) is 0 Å². The van der Waals surface area contributed by atoms with Gasteiger partial charge in [-0.25, -0.2) is 8.42 Å². The molecule has 1 aliphatic heterocycles. The Morgan fingerprint density at radius 1 is 1.50 bits per heavy atom. The largest absolute Gasteiger partial charge is 0.330 e.